The highest BCUT2D eigenvalue weighted by atomic mass is 35.5. The number of hydrogen-bond donors (Lipinski definition) is 1. The van der Waals surface area contributed by atoms with Crippen molar-refractivity contribution < 1.29 is 9.53 Å². The van der Waals surface area contributed by atoms with Crippen LogP contribution in [0.25, 0.3) is 0 Å². The first kappa shape index (κ1) is 17.8. The summed E-state index contributed by atoms with van der Waals surface area (Å²) in [4.78, 5) is 14.1. The molecule has 2 unspecified atom stereocenters. The molecule has 1 aliphatic rings. The number of carbonyl (C=O) groups excluding carboxylic acids is 1. The molecule has 21 heavy (non-hydrogen) atoms. The Morgan fingerprint density at radius 1 is 1.43 bits per heavy atom. The van der Waals surface area contributed by atoms with E-state index in [-0.39, 0.29) is 24.4 Å². The Morgan fingerprint density at radius 2 is 2.10 bits per heavy atom. The summed E-state index contributed by atoms with van der Waals surface area (Å²) in [5.41, 5.74) is 1.13. The Balaban J connectivity index is 0.00000220. The standard InChI is InChI=1S/C16H24N2O2.ClH/c1-12(13-6-8-15(20-3)9-7-13)18(2)16(19)11-14-5-4-10-17-14;/h6-9,12,14,17H,4-5,10-11H2,1-3H3;1H. The zero-order chi connectivity index (χ0) is 14.5. The minimum atomic E-state index is 0. The number of rotatable bonds is 5. The molecule has 2 rings (SSSR count). The molecular weight excluding hydrogens is 288 g/mol. The average Bonchev–Trinajstić information content (AvgIpc) is 2.98. The molecule has 1 heterocycles. The van der Waals surface area contributed by atoms with Crippen LogP contribution in [0, 0.1) is 0 Å². The molecular formula is C16H25ClN2O2. The predicted octanol–water partition coefficient (Wildman–Crippen LogP) is 2.78. The maximum absolute atomic E-state index is 12.3. The number of methoxy groups -OCH3 is 1. The highest BCUT2D eigenvalue weighted by Gasteiger charge is 2.22. The minimum absolute atomic E-state index is 0. The Kier molecular flexibility index (Phi) is 6.99. The molecule has 1 aromatic rings. The van der Waals surface area contributed by atoms with Gasteiger partial charge in [-0.3, -0.25) is 4.79 Å². The second kappa shape index (κ2) is 8.25. The topological polar surface area (TPSA) is 41.6 Å². The van der Waals surface area contributed by atoms with Gasteiger partial charge in [0, 0.05) is 19.5 Å². The van der Waals surface area contributed by atoms with E-state index in [0.29, 0.717) is 12.5 Å². The van der Waals surface area contributed by atoms with Crippen LogP contribution < -0.4 is 10.1 Å². The van der Waals surface area contributed by atoms with Crippen molar-refractivity contribution in [3.63, 3.8) is 0 Å². The molecule has 0 aliphatic carbocycles. The van der Waals surface area contributed by atoms with Gasteiger partial charge in [-0.15, -0.1) is 12.4 Å². The van der Waals surface area contributed by atoms with Crippen molar-refractivity contribution in [3.05, 3.63) is 29.8 Å². The fraction of sp³-hybridized carbons (Fsp3) is 0.562. The molecule has 1 saturated heterocycles. The third kappa shape index (κ3) is 4.61. The van der Waals surface area contributed by atoms with Crippen molar-refractivity contribution in [2.24, 2.45) is 0 Å². The number of nitrogens with one attached hydrogen (secondary N) is 1. The van der Waals surface area contributed by atoms with Crippen LogP contribution >= 0.6 is 12.4 Å². The normalized spacial score (nSPS) is 18.7. The maximum atomic E-state index is 12.3. The zero-order valence-electron chi connectivity index (χ0n) is 13.0. The van der Waals surface area contributed by atoms with E-state index in [1.54, 1.807) is 7.11 Å². The Hall–Kier alpha value is -1.26. The SMILES string of the molecule is COc1ccc(C(C)N(C)C(=O)CC2CCCN2)cc1.Cl. The zero-order valence-corrected chi connectivity index (χ0v) is 13.8. The van der Waals surface area contributed by atoms with Crippen LogP contribution in [0.4, 0.5) is 0 Å². The molecule has 5 heteroatoms. The van der Waals surface area contributed by atoms with Crippen molar-refractivity contribution >= 4 is 18.3 Å². The van der Waals surface area contributed by atoms with Gasteiger partial charge < -0.3 is 15.0 Å². The molecule has 118 valence electrons. The van der Waals surface area contributed by atoms with Crippen LogP contribution in [0.5, 0.6) is 5.75 Å². The first-order valence-corrected chi connectivity index (χ1v) is 7.25. The molecule has 0 aromatic heterocycles. The van der Waals surface area contributed by atoms with Gasteiger partial charge >= 0.3 is 0 Å². The van der Waals surface area contributed by atoms with Gasteiger partial charge in [0.05, 0.1) is 13.2 Å². The molecule has 2 atom stereocenters. The van der Waals surface area contributed by atoms with Crippen molar-refractivity contribution in [1.29, 1.82) is 0 Å². The van der Waals surface area contributed by atoms with Gasteiger partial charge in [0.15, 0.2) is 0 Å². The van der Waals surface area contributed by atoms with Crippen molar-refractivity contribution in [2.45, 2.75) is 38.3 Å². The lowest BCUT2D eigenvalue weighted by molar-refractivity contribution is -0.132. The molecule has 0 radical (unpaired) electrons. The molecule has 1 N–H and O–H groups in total. The maximum Gasteiger partial charge on any atom is 0.224 e. The largest absolute Gasteiger partial charge is 0.497 e. The van der Waals surface area contributed by atoms with E-state index in [0.717, 1.165) is 24.3 Å². The summed E-state index contributed by atoms with van der Waals surface area (Å²) in [6, 6.07) is 8.33. The summed E-state index contributed by atoms with van der Waals surface area (Å²) < 4.78 is 5.16. The predicted molar refractivity (Wildman–Crippen MR) is 87.1 cm³/mol. The summed E-state index contributed by atoms with van der Waals surface area (Å²) in [6.07, 6.45) is 2.88. The van der Waals surface area contributed by atoms with Gasteiger partial charge in [0.25, 0.3) is 0 Å². The van der Waals surface area contributed by atoms with Crippen LogP contribution in [0.3, 0.4) is 0 Å². The fourth-order valence-electron chi connectivity index (χ4n) is 2.61. The van der Waals surface area contributed by atoms with E-state index in [2.05, 4.69) is 12.2 Å². The van der Waals surface area contributed by atoms with Crippen LogP contribution in [0.2, 0.25) is 0 Å². The fourth-order valence-corrected chi connectivity index (χ4v) is 2.61. The number of hydrogen-bond acceptors (Lipinski definition) is 3. The van der Waals surface area contributed by atoms with E-state index in [1.165, 1.54) is 6.42 Å². The third-order valence-electron chi connectivity index (χ3n) is 4.16. The van der Waals surface area contributed by atoms with Gasteiger partial charge in [-0.05, 0) is 44.0 Å². The van der Waals surface area contributed by atoms with Crippen LogP contribution in [-0.2, 0) is 4.79 Å². The molecule has 1 aromatic carbocycles. The highest BCUT2D eigenvalue weighted by molar-refractivity contribution is 5.85. The second-order valence-corrected chi connectivity index (χ2v) is 5.45. The molecule has 1 aliphatic heterocycles. The first-order valence-electron chi connectivity index (χ1n) is 7.25. The number of benzene rings is 1. The quantitative estimate of drug-likeness (QED) is 0.909. The summed E-state index contributed by atoms with van der Waals surface area (Å²) in [5, 5.41) is 3.37. The number of amides is 1. The van der Waals surface area contributed by atoms with E-state index in [1.807, 2.05) is 36.2 Å². The van der Waals surface area contributed by atoms with Gasteiger partial charge in [0.2, 0.25) is 5.91 Å². The first-order chi connectivity index (χ1) is 9.61. The second-order valence-electron chi connectivity index (χ2n) is 5.45. The highest BCUT2D eigenvalue weighted by Crippen LogP contribution is 2.23. The van der Waals surface area contributed by atoms with Gasteiger partial charge in [-0.1, -0.05) is 12.1 Å². The van der Waals surface area contributed by atoms with Gasteiger partial charge in [0.1, 0.15) is 5.75 Å². The molecule has 0 bridgehead atoms. The number of carbonyl (C=O) groups is 1. The molecule has 0 saturated carbocycles. The lowest BCUT2D eigenvalue weighted by Gasteiger charge is -2.26. The number of halogens is 1. The Morgan fingerprint density at radius 3 is 2.62 bits per heavy atom. The van der Waals surface area contributed by atoms with Crippen LogP contribution in [0.15, 0.2) is 24.3 Å². The van der Waals surface area contributed by atoms with Gasteiger partial charge in [-0.25, -0.2) is 0 Å². The smallest absolute Gasteiger partial charge is 0.224 e. The lowest BCUT2D eigenvalue weighted by Crippen LogP contribution is -2.34. The van der Waals surface area contributed by atoms with Gasteiger partial charge in [-0.2, -0.15) is 0 Å². The third-order valence-corrected chi connectivity index (χ3v) is 4.16. The number of ether oxygens (including phenoxy) is 1. The minimum Gasteiger partial charge on any atom is -0.497 e. The Bertz CT molecular complexity index is 444. The van der Waals surface area contributed by atoms with E-state index < -0.39 is 0 Å². The summed E-state index contributed by atoms with van der Waals surface area (Å²) in [7, 11) is 3.54. The van der Waals surface area contributed by atoms with Crippen molar-refractivity contribution in [3.8, 4) is 5.75 Å². The average molecular weight is 313 g/mol. The van der Waals surface area contributed by atoms with Crippen molar-refractivity contribution in [1.82, 2.24) is 10.2 Å². The lowest BCUT2D eigenvalue weighted by atomic mass is 10.1. The van der Waals surface area contributed by atoms with E-state index in [9.17, 15) is 4.79 Å². The summed E-state index contributed by atoms with van der Waals surface area (Å²) >= 11 is 0. The monoisotopic (exact) mass is 312 g/mol. The van der Waals surface area contributed by atoms with E-state index >= 15 is 0 Å². The molecule has 1 amide bonds. The van der Waals surface area contributed by atoms with Crippen LogP contribution in [-0.4, -0.2) is 37.6 Å². The van der Waals surface area contributed by atoms with Crippen molar-refractivity contribution in [2.75, 3.05) is 20.7 Å². The molecule has 1 fully saturated rings. The summed E-state index contributed by atoms with van der Waals surface area (Å²) in [5.74, 6) is 1.04. The van der Waals surface area contributed by atoms with E-state index in [4.69, 9.17) is 4.74 Å². The van der Waals surface area contributed by atoms with Crippen LogP contribution in [0.1, 0.15) is 37.8 Å². The Labute approximate surface area is 133 Å². The molecule has 4 nitrogen and oxygen atoms in total. The number of nitrogens with zero attached hydrogens (tertiary/aromatic N) is 1. The molecule has 0 spiro atoms. The summed E-state index contributed by atoms with van der Waals surface area (Å²) in [6.45, 7) is 3.09.